The average Bonchev–Trinajstić information content (AvgIpc) is 2.44. The van der Waals surface area contributed by atoms with Crippen LogP contribution in [0.25, 0.3) is 0 Å². The number of piperazine rings is 1. The molecule has 1 saturated heterocycles. The van der Waals surface area contributed by atoms with E-state index >= 15 is 0 Å². The van der Waals surface area contributed by atoms with Crippen LogP contribution in [0.4, 0.5) is 14.5 Å². The Labute approximate surface area is 129 Å². The second-order valence-electron chi connectivity index (χ2n) is 4.82. The van der Waals surface area contributed by atoms with Crippen LogP contribution in [-0.2, 0) is 9.59 Å². The number of hydrogen-bond acceptors (Lipinski definition) is 2. The number of benzene rings is 1. The number of rotatable bonds is 3. The molecular formula is C14H15BrF2N2O2. The molecule has 2 unspecified atom stereocenters. The minimum Gasteiger partial charge on any atom is -0.342 e. The summed E-state index contributed by atoms with van der Waals surface area (Å²) in [6, 6.07) is 0.402. The fourth-order valence-electron chi connectivity index (χ4n) is 2.40. The van der Waals surface area contributed by atoms with E-state index in [0.29, 0.717) is 18.9 Å². The summed E-state index contributed by atoms with van der Waals surface area (Å²) in [6.45, 7) is 3.48. The summed E-state index contributed by atoms with van der Waals surface area (Å²) in [5, 5.41) is 2.62. The molecule has 1 aliphatic heterocycles. The Bertz CT molecular complexity index is 595. The lowest BCUT2D eigenvalue weighted by Gasteiger charge is -2.38. The van der Waals surface area contributed by atoms with E-state index in [0.717, 1.165) is 4.90 Å². The normalized spacial score (nSPS) is 22.4. The zero-order valence-corrected chi connectivity index (χ0v) is 13.2. The number of anilines is 1. The van der Waals surface area contributed by atoms with E-state index < -0.39 is 23.7 Å². The second kappa shape index (κ2) is 6.09. The highest BCUT2D eigenvalue weighted by Gasteiger charge is 2.40. The van der Waals surface area contributed by atoms with Gasteiger partial charge in [0, 0.05) is 6.07 Å². The predicted octanol–water partition coefficient (Wildman–Crippen LogP) is 2.75. The zero-order valence-electron chi connectivity index (χ0n) is 11.6. The lowest BCUT2D eigenvalue weighted by Crippen LogP contribution is -2.63. The molecule has 0 saturated carbocycles. The smallest absolute Gasteiger partial charge is 0.250 e. The number of amides is 2. The average molecular weight is 361 g/mol. The van der Waals surface area contributed by atoms with Crippen LogP contribution in [0.1, 0.15) is 26.7 Å². The minimum atomic E-state index is -0.868. The van der Waals surface area contributed by atoms with Crippen molar-refractivity contribution in [1.29, 1.82) is 0 Å². The van der Waals surface area contributed by atoms with Gasteiger partial charge in [-0.3, -0.25) is 14.5 Å². The molecule has 0 radical (unpaired) electrons. The fraction of sp³-hybridized carbons (Fsp3) is 0.429. The van der Waals surface area contributed by atoms with E-state index in [1.54, 1.807) is 13.8 Å². The Kier molecular flexibility index (Phi) is 4.61. The Morgan fingerprint density at radius 1 is 1.19 bits per heavy atom. The van der Waals surface area contributed by atoms with Crippen LogP contribution in [0.15, 0.2) is 16.6 Å². The van der Waals surface area contributed by atoms with Gasteiger partial charge in [0.2, 0.25) is 11.8 Å². The minimum absolute atomic E-state index is 0.0422. The summed E-state index contributed by atoms with van der Waals surface area (Å²) in [4.78, 5) is 25.7. The summed E-state index contributed by atoms with van der Waals surface area (Å²) in [5.41, 5.74) is -0.0894. The van der Waals surface area contributed by atoms with Gasteiger partial charge in [-0.2, -0.15) is 0 Å². The predicted molar refractivity (Wildman–Crippen MR) is 77.8 cm³/mol. The van der Waals surface area contributed by atoms with Crippen molar-refractivity contribution in [2.24, 2.45) is 0 Å². The molecule has 114 valence electrons. The number of carbonyl (C=O) groups excluding carboxylic acids is 2. The fourth-order valence-corrected chi connectivity index (χ4v) is 2.73. The Morgan fingerprint density at radius 3 is 2.43 bits per heavy atom. The molecule has 7 heteroatoms. The highest BCUT2D eigenvalue weighted by Crippen LogP contribution is 2.31. The van der Waals surface area contributed by atoms with Gasteiger partial charge in [0.1, 0.15) is 23.7 Å². The zero-order chi connectivity index (χ0) is 15.7. The molecule has 0 aliphatic carbocycles. The molecule has 2 atom stereocenters. The number of hydrogen-bond donors (Lipinski definition) is 1. The molecule has 1 fully saturated rings. The molecule has 21 heavy (non-hydrogen) atoms. The van der Waals surface area contributed by atoms with Crippen LogP contribution < -0.4 is 10.2 Å². The van der Waals surface area contributed by atoms with Crippen LogP contribution >= 0.6 is 15.9 Å². The van der Waals surface area contributed by atoms with Crippen LogP contribution in [0.3, 0.4) is 0 Å². The van der Waals surface area contributed by atoms with Gasteiger partial charge in [0.15, 0.2) is 0 Å². The topological polar surface area (TPSA) is 49.4 Å². The molecule has 1 aromatic rings. The van der Waals surface area contributed by atoms with Crippen molar-refractivity contribution in [2.45, 2.75) is 38.8 Å². The standard InChI is InChI=1S/C14H15BrF2N2O2/c1-3-10-14(21)19(11(4-2)13(20)18-10)12-5-7(15)8(16)6-9(12)17/h5-6,10-11H,3-4H2,1-2H3,(H,18,20). The summed E-state index contributed by atoms with van der Waals surface area (Å²) in [7, 11) is 0. The second-order valence-corrected chi connectivity index (χ2v) is 5.67. The number of nitrogens with zero attached hydrogens (tertiary/aromatic N) is 1. The maximum atomic E-state index is 14.1. The molecule has 1 N–H and O–H groups in total. The molecule has 1 heterocycles. The van der Waals surface area contributed by atoms with Crippen LogP contribution in [0.5, 0.6) is 0 Å². The van der Waals surface area contributed by atoms with Crippen molar-refractivity contribution in [3.63, 3.8) is 0 Å². The monoisotopic (exact) mass is 360 g/mol. The van der Waals surface area contributed by atoms with Gasteiger partial charge in [-0.1, -0.05) is 13.8 Å². The molecule has 2 amide bonds. The van der Waals surface area contributed by atoms with E-state index in [1.165, 1.54) is 6.07 Å². The summed E-state index contributed by atoms with van der Waals surface area (Å²) in [6.07, 6.45) is 0.740. The molecule has 1 aromatic carbocycles. The summed E-state index contributed by atoms with van der Waals surface area (Å²) in [5.74, 6) is -2.34. The lowest BCUT2D eigenvalue weighted by atomic mass is 10.0. The Morgan fingerprint density at radius 2 is 1.86 bits per heavy atom. The third-order valence-electron chi connectivity index (χ3n) is 3.51. The van der Waals surface area contributed by atoms with Gasteiger partial charge in [0.25, 0.3) is 0 Å². The van der Waals surface area contributed by atoms with E-state index in [1.807, 2.05) is 0 Å². The van der Waals surface area contributed by atoms with Crippen LogP contribution in [0, 0.1) is 11.6 Å². The van der Waals surface area contributed by atoms with Crippen molar-refractivity contribution in [2.75, 3.05) is 4.90 Å². The maximum absolute atomic E-state index is 14.1. The molecule has 4 nitrogen and oxygen atoms in total. The van der Waals surface area contributed by atoms with Gasteiger partial charge in [-0.15, -0.1) is 0 Å². The highest BCUT2D eigenvalue weighted by atomic mass is 79.9. The maximum Gasteiger partial charge on any atom is 0.250 e. The quantitative estimate of drug-likeness (QED) is 0.842. The van der Waals surface area contributed by atoms with Gasteiger partial charge in [-0.25, -0.2) is 8.78 Å². The van der Waals surface area contributed by atoms with E-state index in [9.17, 15) is 18.4 Å². The number of halogens is 3. The molecular weight excluding hydrogens is 346 g/mol. The Hall–Kier alpha value is -1.50. The Balaban J connectivity index is 2.53. The largest absolute Gasteiger partial charge is 0.342 e. The third-order valence-corrected chi connectivity index (χ3v) is 4.12. The van der Waals surface area contributed by atoms with E-state index in [-0.39, 0.29) is 22.0 Å². The molecule has 0 bridgehead atoms. The highest BCUT2D eigenvalue weighted by molar-refractivity contribution is 9.10. The lowest BCUT2D eigenvalue weighted by molar-refractivity contribution is -0.134. The molecule has 2 rings (SSSR count). The van der Waals surface area contributed by atoms with Crippen LogP contribution in [0.2, 0.25) is 0 Å². The molecule has 1 aliphatic rings. The molecule has 0 spiro atoms. The van der Waals surface area contributed by atoms with Crippen molar-refractivity contribution in [3.05, 3.63) is 28.2 Å². The number of nitrogens with one attached hydrogen (secondary N) is 1. The van der Waals surface area contributed by atoms with Crippen molar-refractivity contribution < 1.29 is 18.4 Å². The van der Waals surface area contributed by atoms with E-state index in [4.69, 9.17) is 0 Å². The van der Waals surface area contributed by atoms with Gasteiger partial charge < -0.3 is 5.32 Å². The first-order valence-corrected chi connectivity index (χ1v) is 7.48. The van der Waals surface area contributed by atoms with Gasteiger partial charge in [-0.05, 0) is 34.8 Å². The van der Waals surface area contributed by atoms with Gasteiger partial charge >= 0.3 is 0 Å². The van der Waals surface area contributed by atoms with Crippen LogP contribution in [-0.4, -0.2) is 23.9 Å². The number of carbonyl (C=O) groups is 2. The summed E-state index contributed by atoms with van der Waals surface area (Å²) < 4.78 is 27.5. The van der Waals surface area contributed by atoms with Gasteiger partial charge in [0.05, 0.1) is 10.2 Å². The van der Waals surface area contributed by atoms with Crippen molar-refractivity contribution >= 4 is 33.4 Å². The molecule has 0 aromatic heterocycles. The first kappa shape index (κ1) is 15.9. The van der Waals surface area contributed by atoms with Crippen molar-refractivity contribution in [3.8, 4) is 0 Å². The first-order chi connectivity index (χ1) is 9.90. The first-order valence-electron chi connectivity index (χ1n) is 6.68. The van der Waals surface area contributed by atoms with Crippen molar-refractivity contribution in [1.82, 2.24) is 5.32 Å². The summed E-state index contributed by atoms with van der Waals surface area (Å²) >= 11 is 2.98. The van der Waals surface area contributed by atoms with E-state index in [2.05, 4.69) is 21.2 Å². The SMILES string of the molecule is CCC1NC(=O)C(CC)N(c2cc(Br)c(F)cc2F)C1=O. The third kappa shape index (κ3) is 2.79.